The number of nitrogens with zero attached hydrogens (tertiary/aromatic N) is 2. The summed E-state index contributed by atoms with van der Waals surface area (Å²) in [6.45, 7) is 3.55. The van der Waals surface area contributed by atoms with Gasteiger partial charge in [0.15, 0.2) is 26.5 Å². The lowest BCUT2D eigenvalue weighted by molar-refractivity contribution is 0.354. The third kappa shape index (κ3) is 5.39. The number of aryl methyl sites for hydroxylation is 1. The molecule has 0 saturated carbocycles. The van der Waals surface area contributed by atoms with Crippen molar-refractivity contribution in [2.24, 2.45) is 0 Å². The van der Waals surface area contributed by atoms with E-state index in [0.717, 1.165) is 30.1 Å². The van der Waals surface area contributed by atoms with Gasteiger partial charge in [0, 0.05) is 31.0 Å². The lowest BCUT2D eigenvalue weighted by atomic mass is 10.1. The number of ether oxygens (including phenoxy) is 2. The molecule has 1 saturated heterocycles. The molecule has 0 spiro atoms. The summed E-state index contributed by atoms with van der Waals surface area (Å²) >= 11 is 1.64. The highest BCUT2D eigenvalue weighted by molar-refractivity contribution is 7.92. The highest BCUT2D eigenvalue weighted by atomic mass is 32.2. The van der Waals surface area contributed by atoms with Crippen LogP contribution in [-0.2, 0) is 22.7 Å². The first-order valence-corrected chi connectivity index (χ1v) is 14.1. The predicted molar refractivity (Wildman–Crippen MR) is 137 cm³/mol. The summed E-state index contributed by atoms with van der Waals surface area (Å²) in [7, 11) is -0.401. The average Bonchev–Trinajstić information content (AvgIpc) is 3.33. The Morgan fingerprint density at radius 2 is 1.68 bits per heavy atom. The van der Waals surface area contributed by atoms with E-state index < -0.39 is 15.1 Å². The maximum Gasteiger partial charge on any atom is 0.185 e. The molecule has 8 heteroatoms. The minimum atomic E-state index is -3.45. The quantitative estimate of drug-likeness (QED) is 0.405. The Labute approximate surface area is 206 Å². The van der Waals surface area contributed by atoms with Crippen molar-refractivity contribution in [3.05, 3.63) is 64.7 Å². The molecular weight excluding hydrogens is 468 g/mol. The molecule has 34 heavy (non-hydrogen) atoms. The summed E-state index contributed by atoms with van der Waals surface area (Å²) < 4.78 is 37.0. The number of methoxy groups -OCH3 is 2. The van der Waals surface area contributed by atoms with Crippen molar-refractivity contribution in [3.8, 4) is 11.5 Å². The van der Waals surface area contributed by atoms with E-state index in [0.29, 0.717) is 37.4 Å². The van der Waals surface area contributed by atoms with Gasteiger partial charge < -0.3 is 14.4 Å². The zero-order valence-electron chi connectivity index (χ0n) is 20.0. The van der Waals surface area contributed by atoms with E-state index in [9.17, 15) is 8.42 Å². The standard InChI is InChI=1S/C26H32N2O4S2/c1-4-5-19-6-8-20(9-7-19)16-21-18-33-26(27-21)28-14-12-22(13-15-28)34(29,30)23-10-11-24(31-2)25(17-23)32-3/h6-11,17-18,22H,4-5,12-16H2,1-3H3. The molecule has 1 aromatic heterocycles. The number of sulfone groups is 1. The molecule has 3 aromatic rings. The molecule has 0 unspecified atom stereocenters. The molecule has 0 atom stereocenters. The van der Waals surface area contributed by atoms with Gasteiger partial charge >= 0.3 is 0 Å². The van der Waals surface area contributed by atoms with Crippen LogP contribution in [-0.4, -0.2) is 46.0 Å². The van der Waals surface area contributed by atoms with Crippen molar-refractivity contribution < 1.29 is 17.9 Å². The molecule has 0 bridgehead atoms. The lowest BCUT2D eigenvalue weighted by Gasteiger charge is -2.31. The summed E-state index contributed by atoms with van der Waals surface area (Å²) in [6, 6.07) is 13.6. The van der Waals surface area contributed by atoms with E-state index >= 15 is 0 Å². The number of aromatic nitrogens is 1. The highest BCUT2D eigenvalue weighted by Gasteiger charge is 2.32. The second kappa shape index (κ2) is 10.8. The summed E-state index contributed by atoms with van der Waals surface area (Å²) in [4.78, 5) is 7.33. The van der Waals surface area contributed by atoms with Crippen molar-refractivity contribution >= 4 is 26.3 Å². The molecule has 0 aliphatic carbocycles. The van der Waals surface area contributed by atoms with Gasteiger partial charge in [-0.05, 0) is 42.5 Å². The second-order valence-electron chi connectivity index (χ2n) is 8.61. The number of piperidine rings is 1. The first-order valence-electron chi connectivity index (χ1n) is 11.7. The molecule has 0 amide bonds. The van der Waals surface area contributed by atoms with Crippen LogP contribution >= 0.6 is 11.3 Å². The second-order valence-corrected chi connectivity index (χ2v) is 11.7. The Balaban J connectivity index is 1.38. The Hall–Kier alpha value is -2.58. The van der Waals surface area contributed by atoms with E-state index in [1.807, 2.05) is 0 Å². The smallest absolute Gasteiger partial charge is 0.185 e. The molecular formula is C26H32N2O4S2. The van der Waals surface area contributed by atoms with Gasteiger partial charge in [-0.1, -0.05) is 37.6 Å². The van der Waals surface area contributed by atoms with Crippen LogP contribution in [0, 0.1) is 0 Å². The fraction of sp³-hybridized carbons (Fsp3) is 0.423. The molecule has 182 valence electrons. The third-order valence-electron chi connectivity index (χ3n) is 6.32. The maximum atomic E-state index is 13.2. The zero-order valence-corrected chi connectivity index (χ0v) is 21.6. The van der Waals surface area contributed by atoms with Crippen LogP contribution in [0.4, 0.5) is 5.13 Å². The van der Waals surface area contributed by atoms with Crippen LogP contribution in [0.15, 0.2) is 52.7 Å². The highest BCUT2D eigenvalue weighted by Crippen LogP contribution is 2.34. The van der Waals surface area contributed by atoms with E-state index in [1.54, 1.807) is 29.5 Å². The van der Waals surface area contributed by atoms with Crippen LogP contribution in [0.1, 0.15) is 43.0 Å². The van der Waals surface area contributed by atoms with Crippen LogP contribution in [0.25, 0.3) is 0 Å². The van der Waals surface area contributed by atoms with Crippen LogP contribution < -0.4 is 14.4 Å². The van der Waals surface area contributed by atoms with Crippen LogP contribution in [0.3, 0.4) is 0 Å². The van der Waals surface area contributed by atoms with Gasteiger partial charge in [-0.3, -0.25) is 0 Å². The van der Waals surface area contributed by atoms with Gasteiger partial charge in [0.2, 0.25) is 0 Å². The molecule has 0 radical (unpaired) electrons. The summed E-state index contributed by atoms with van der Waals surface area (Å²) in [6.07, 6.45) is 4.22. The Morgan fingerprint density at radius 1 is 1.00 bits per heavy atom. The van der Waals surface area contributed by atoms with Crippen molar-refractivity contribution in [2.75, 3.05) is 32.2 Å². The third-order valence-corrected chi connectivity index (χ3v) is 9.53. The van der Waals surface area contributed by atoms with Crippen LogP contribution in [0.5, 0.6) is 11.5 Å². The molecule has 2 heterocycles. The molecule has 1 fully saturated rings. The lowest BCUT2D eigenvalue weighted by Crippen LogP contribution is -2.39. The maximum absolute atomic E-state index is 13.2. The largest absolute Gasteiger partial charge is 0.493 e. The molecule has 0 N–H and O–H groups in total. The van der Waals surface area contributed by atoms with Crippen molar-refractivity contribution in [3.63, 3.8) is 0 Å². The number of hydrogen-bond acceptors (Lipinski definition) is 7. The summed E-state index contributed by atoms with van der Waals surface area (Å²) in [5.74, 6) is 0.948. The minimum Gasteiger partial charge on any atom is -0.493 e. The van der Waals surface area contributed by atoms with Gasteiger partial charge in [0.1, 0.15) is 0 Å². The number of thiazole rings is 1. The number of rotatable bonds is 9. The molecule has 1 aliphatic heterocycles. The fourth-order valence-corrected chi connectivity index (χ4v) is 7.01. The minimum absolute atomic E-state index is 0.282. The number of benzene rings is 2. The number of anilines is 1. The first kappa shape index (κ1) is 24.5. The molecule has 2 aromatic carbocycles. The van der Waals surface area contributed by atoms with E-state index in [-0.39, 0.29) is 4.90 Å². The van der Waals surface area contributed by atoms with Crippen molar-refractivity contribution in [1.29, 1.82) is 0 Å². The first-order chi connectivity index (χ1) is 16.4. The zero-order chi connectivity index (χ0) is 24.1. The van der Waals surface area contributed by atoms with Crippen LogP contribution in [0.2, 0.25) is 0 Å². The van der Waals surface area contributed by atoms with E-state index in [1.165, 1.54) is 25.3 Å². The normalized spacial score (nSPS) is 14.9. The van der Waals surface area contributed by atoms with Crippen molar-refractivity contribution in [1.82, 2.24) is 4.98 Å². The van der Waals surface area contributed by atoms with Gasteiger partial charge in [-0.15, -0.1) is 11.3 Å². The predicted octanol–water partition coefficient (Wildman–Crippen LogP) is 5.15. The van der Waals surface area contributed by atoms with Gasteiger partial charge in [0.25, 0.3) is 0 Å². The van der Waals surface area contributed by atoms with Crippen molar-refractivity contribution in [2.45, 2.75) is 49.2 Å². The summed E-state index contributed by atoms with van der Waals surface area (Å²) in [5.41, 5.74) is 3.69. The average molecular weight is 501 g/mol. The Kier molecular flexibility index (Phi) is 7.78. The number of hydrogen-bond donors (Lipinski definition) is 0. The Bertz CT molecular complexity index is 1200. The van der Waals surface area contributed by atoms with E-state index in [2.05, 4.69) is 41.5 Å². The van der Waals surface area contributed by atoms with Gasteiger partial charge in [0.05, 0.1) is 30.1 Å². The summed E-state index contributed by atoms with van der Waals surface area (Å²) in [5, 5.41) is 2.67. The molecule has 6 nitrogen and oxygen atoms in total. The van der Waals surface area contributed by atoms with Gasteiger partial charge in [-0.2, -0.15) is 0 Å². The van der Waals surface area contributed by atoms with E-state index in [4.69, 9.17) is 14.5 Å². The SMILES string of the molecule is CCCc1ccc(Cc2csc(N3CCC(S(=O)(=O)c4ccc(OC)c(OC)c4)CC3)n2)cc1. The fourth-order valence-electron chi connectivity index (χ4n) is 4.39. The van der Waals surface area contributed by atoms with Gasteiger partial charge in [-0.25, -0.2) is 13.4 Å². The topological polar surface area (TPSA) is 68.7 Å². The monoisotopic (exact) mass is 500 g/mol. The molecule has 4 rings (SSSR count). The Morgan fingerprint density at radius 3 is 2.32 bits per heavy atom. The molecule has 1 aliphatic rings.